The van der Waals surface area contributed by atoms with Crippen LogP contribution in [-0.4, -0.2) is 81.8 Å². The number of aliphatic imine (C=N–C) groups is 1. The van der Waals surface area contributed by atoms with Crippen molar-refractivity contribution in [1.29, 1.82) is 0 Å². The molecule has 0 fully saturated rings. The van der Waals surface area contributed by atoms with Gasteiger partial charge in [-0.2, -0.15) is 0 Å². The van der Waals surface area contributed by atoms with Crippen molar-refractivity contribution < 1.29 is 29.1 Å². The number of nitrogens with two attached hydrogens (primary N) is 4. The molecule has 3 unspecified atom stereocenters. The Morgan fingerprint density at radius 2 is 1.79 bits per heavy atom. The number of H-pyrrole nitrogens is 1. The molecule has 188 valence electrons. The Morgan fingerprint density at radius 3 is 2.35 bits per heavy atom. The minimum Gasteiger partial charge on any atom is -0.480 e. The van der Waals surface area contributed by atoms with E-state index in [-0.39, 0.29) is 25.3 Å². The van der Waals surface area contributed by atoms with Gasteiger partial charge in [0.1, 0.15) is 12.1 Å². The van der Waals surface area contributed by atoms with Gasteiger partial charge in [0.15, 0.2) is 5.96 Å². The number of aromatic nitrogens is 2. The molecule has 1 aromatic heterocycles. The molecule has 0 bridgehead atoms. The Balaban J connectivity index is 2.70. The first kappa shape index (κ1) is 27.8. The smallest absolute Gasteiger partial charge is 0.326 e. The second-order valence-electron chi connectivity index (χ2n) is 7.24. The van der Waals surface area contributed by atoms with Crippen LogP contribution >= 0.6 is 0 Å². The first-order valence-corrected chi connectivity index (χ1v) is 10.2. The maximum Gasteiger partial charge on any atom is 0.326 e. The topological polar surface area (TPSA) is 287 Å². The number of rotatable bonds is 15. The molecule has 0 radical (unpaired) electrons. The minimum absolute atomic E-state index is 0.0132. The highest BCUT2D eigenvalue weighted by atomic mass is 16.4. The molecular formula is C18H30N10O6. The standard InChI is InChI=1S/C18H30N10O6/c19-10(2-1-3-24-18(21)22)15(31)28-11(4-9-6-23-8-26-9)16(32)25-7-14(30)27-12(17(33)34)5-13(20)29/h6,8,10-12H,1-5,7,19H2,(H2,20,29)(H,23,26)(H,25,32)(H,27,30)(H,28,31)(H,33,34)(H4,21,22,24). The summed E-state index contributed by atoms with van der Waals surface area (Å²) in [6, 6.07) is -3.61. The zero-order valence-corrected chi connectivity index (χ0v) is 18.3. The van der Waals surface area contributed by atoms with Gasteiger partial charge in [-0.3, -0.25) is 24.2 Å². The molecule has 34 heavy (non-hydrogen) atoms. The zero-order chi connectivity index (χ0) is 25.7. The molecule has 16 nitrogen and oxygen atoms in total. The molecule has 13 N–H and O–H groups in total. The summed E-state index contributed by atoms with van der Waals surface area (Å²) in [4.78, 5) is 69.6. The van der Waals surface area contributed by atoms with E-state index in [0.717, 1.165) is 0 Å². The number of guanidine groups is 1. The van der Waals surface area contributed by atoms with Gasteiger partial charge in [-0.25, -0.2) is 9.78 Å². The summed E-state index contributed by atoms with van der Waals surface area (Å²) in [6.45, 7) is -0.329. The van der Waals surface area contributed by atoms with E-state index in [9.17, 15) is 24.0 Å². The highest BCUT2D eigenvalue weighted by molar-refractivity contribution is 5.93. The molecule has 16 heteroatoms. The van der Waals surface area contributed by atoms with Crippen LogP contribution in [-0.2, 0) is 30.4 Å². The van der Waals surface area contributed by atoms with Gasteiger partial charge >= 0.3 is 5.97 Å². The number of carbonyl (C=O) groups excluding carboxylic acids is 4. The highest BCUT2D eigenvalue weighted by Crippen LogP contribution is 2.02. The lowest BCUT2D eigenvalue weighted by Gasteiger charge is -2.20. The Labute approximate surface area is 194 Å². The van der Waals surface area contributed by atoms with Gasteiger partial charge in [-0.1, -0.05) is 0 Å². The molecule has 4 amide bonds. The molecule has 3 atom stereocenters. The zero-order valence-electron chi connectivity index (χ0n) is 18.3. The van der Waals surface area contributed by atoms with Crippen LogP contribution in [0.2, 0.25) is 0 Å². The van der Waals surface area contributed by atoms with Crippen molar-refractivity contribution in [1.82, 2.24) is 25.9 Å². The minimum atomic E-state index is -1.54. The Morgan fingerprint density at radius 1 is 1.09 bits per heavy atom. The maximum atomic E-state index is 12.6. The van der Waals surface area contributed by atoms with Gasteiger partial charge < -0.3 is 49.0 Å². The van der Waals surface area contributed by atoms with Crippen molar-refractivity contribution in [3.8, 4) is 0 Å². The van der Waals surface area contributed by atoms with Crippen LogP contribution in [0.15, 0.2) is 17.5 Å². The molecule has 0 saturated heterocycles. The quantitative estimate of drug-likeness (QED) is 0.0654. The van der Waals surface area contributed by atoms with Crippen LogP contribution < -0.4 is 38.9 Å². The molecule has 0 aliphatic rings. The van der Waals surface area contributed by atoms with Gasteiger partial charge in [0, 0.05) is 24.9 Å². The fourth-order valence-corrected chi connectivity index (χ4v) is 2.69. The molecular weight excluding hydrogens is 452 g/mol. The van der Waals surface area contributed by atoms with Gasteiger partial charge in [-0.15, -0.1) is 0 Å². The first-order valence-electron chi connectivity index (χ1n) is 10.2. The molecule has 0 spiro atoms. The highest BCUT2D eigenvalue weighted by Gasteiger charge is 2.26. The van der Waals surface area contributed by atoms with Gasteiger partial charge in [0.05, 0.1) is 25.3 Å². The average molecular weight is 483 g/mol. The molecule has 0 aromatic carbocycles. The summed E-state index contributed by atoms with van der Waals surface area (Å²) < 4.78 is 0. The maximum absolute atomic E-state index is 12.6. The molecule has 0 aliphatic heterocycles. The summed E-state index contributed by atoms with van der Waals surface area (Å²) in [5, 5.41) is 15.9. The Bertz CT molecular complexity index is 884. The largest absolute Gasteiger partial charge is 0.480 e. The lowest BCUT2D eigenvalue weighted by molar-refractivity contribution is -0.143. The van der Waals surface area contributed by atoms with E-state index < -0.39 is 60.7 Å². The summed E-state index contributed by atoms with van der Waals surface area (Å²) in [5.74, 6) is -4.67. The van der Waals surface area contributed by atoms with Crippen LogP contribution in [0.1, 0.15) is 25.0 Å². The first-order chi connectivity index (χ1) is 16.0. The van der Waals surface area contributed by atoms with Crippen LogP contribution in [0.5, 0.6) is 0 Å². The number of hydrogen-bond donors (Lipinski definition) is 9. The van der Waals surface area contributed by atoms with E-state index in [1.165, 1.54) is 12.5 Å². The number of aliphatic carboxylic acids is 1. The number of carbonyl (C=O) groups is 5. The predicted octanol–water partition coefficient (Wildman–Crippen LogP) is -4.62. The van der Waals surface area contributed by atoms with E-state index in [2.05, 4.69) is 30.9 Å². The van der Waals surface area contributed by atoms with E-state index in [0.29, 0.717) is 12.1 Å². The summed E-state index contributed by atoms with van der Waals surface area (Å²) >= 11 is 0. The van der Waals surface area contributed by atoms with Crippen molar-refractivity contribution in [2.24, 2.45) is 27.9 Å². The number of nitrogens with zero attached hydrogens (tertiary/aromatic N) is 2. The third kappa shape index (κ3) is 10.9. The third-order valence-electron chi connectivity index (χ3n) is 4.38. The number of hydrogen-bond acceptors (Lipinski definition) is 8. The molecule has 1 rings (SSSR count). The van der Waals surface area contributed by atoms with Gasteiger partial charge in [0.2, 0.25) is 23.6 Å². The van der Waals surface area contributed by atoms with E-state index >= 15 is 0 Å². The molecule has 0 aliphatic carbocycles. The number of amides is 4. The Hall–Kier alpha value is -4.21. The summed E-state index contributed by atoms with van der Waals surface area (Å²) in [5.41, 5.74) is 21.8. The van der Waals surface area contributed by atoms with E-state index in [1.54, 1.807) is 0 Å². The number of nitrogens with one attached hydrogen (secondary N) is 4. The second kappa shape index (κ2) is 14.0. The SMILES string of the molecule is NC(=O)CC(NC(=O)CNC(=O)C(Cc1cnc[nH]1)NC(=O)C(N)CCCN=C(N)N)C(=O)O. The van der Waals surface area contributed by atoms with Gasteiger partial charge in [0.25, 0.3) is 0 Å². The van der Waals surface area contributed by atoms with Crippen molar-refractivity contribution in [2.45, 2.75) is 43.8 Å². The molecule has 1 heterocycles. The average Bonchev–Trinajstić information content (AvgIpc) is 3.26. The van der Waals surface area contributed by atoms with Crippen molar-refractivity contribution in [3.05, 3.63) is 18.2 Å². The van der Waals surface area contributed by atoms with Crippen LogP contribution in [0.25, 0.3) is 0 Å². The normalized spacial score (nSPS) is 13.1. The van der Waals surface area contributed by atoms with Crippen molar-refractivity contribution >= 4 is 35.6 Å². The van der Waals surface area contributed by atoms with Crippen molar-refractivity contribution in [3.63, 3.8) is 0 Å². The number of primary amides is 1. The lowest BCUT2D eigenvalue weighted by Crippen LogP contribution is -2.54. The van der Waals surface area contributed by atoms with E-state index in [4.69, 9.17) is 28.0 Å². The fraction of sp³-hybridized carbons (Fsp3) is 0.500. The number of carboxylic acids is 1. The monoisotopic (exact) mass is 482 g/mol. The van der Waals surface area contributed by atoms with Crippen LogP contribution in [0.3, 0.4) is 0 Å². The number of imidazole rings is 1. The number of aromatic amines is 1. The predicted molar refractivity (Wildman–Crippen MR) is 118 cm³/mol. The fourth-order valence-electron chi connectivity index (χ4n) is 2.69. The van der Waals surface area contributed by atoms with Gasteiger partial charge in [-0.05, 0) is 12.8 Å². The van der Waals surface area contributed by atoms with Crippen LogP contribution in [0.4, 0.5) is 0 Å². The molecule has 0 saturated carbocycles. The van der Waals surface area contributed by atoms with Crippen molar-refractivity contribution in [2.75, 3.05) is 13.1 Å². The van der Waals surface area contributed by atoms with E-state index in [1.807, 2.05) is 0 Å². The summed E-state index contributed by atoms with van der Waals surface area (Å²) in [6.07, 6.45) is 2.92. The Kier molecular flexibility index (Phi) is 11.5. The lowest BCUT2D eigenvalue weighted by atomic mass is 10.1. The molecule has 1 aromatic rings. The number of carboxylic acid groups (broad SMARTS) is 1. The van der Waals surface area contributed by atoms with Crippen LogP contribution in [0, 0.1) is 0 Å². The summed E-state index contributed by atoms with van der Waals surface area (Å²) in [7, 11) is 0. The second-order valence-corrected chi connectivity index (χ2v) is 7.24. The third-order valence-corrected chi connectivity index (χ3v) is 4.38.